The number of hydrogen-bond donors (Lipinski definition) is 0. The van der Waals surface area contributed by atoms with Gasteiger partial charge in [-0.05, 0) is 11.4 Å². The summed E-state index contributed by atoms with van der Waals surface area (Å²) in [6, 6.07) is 1.18. The van der Waals surface area contributed by atoms with Gasteiger partial charge in [0.05, 0.1) is 4.90 Å². The van der Waals surface area contributed by atoms with E-state index in [1.807, 2.05) is 0 Å². The van der Waals surface area contributed by atoms with Gasteiger partial charge in [0.15, 0.2) is 0 Å². The molecule has 68 valence electrons. The minimum atomic E-state index is -4.57. The summed E-state index contributed by atoms with van der Waals surface area (Å²) in [4.78, 5) is -0.289. The standard InChI is InChI=1S/C4H3ClO4S3/c5-12(8,9)11(6,7)4-1-2-10-3-4/h1-3H. The van der Waals surface area contributed by atoms with Crippen LogP contribution in [0.25, 0.3) is 0 Å². The molecule has 0 bridgehead atoms. The highest BCUT2D eigenvalue weighted by molar-refractivity contribution is 8.75. The molecule has 0 fully saturated rings. The van der Waals surface area contributed by atoms with Crippen molar-refractivity contribution in [2.24, 2.45) is 0 Å². The van der Waals surface area contributed by atoms with Crippen LogP contribution in [0.4, 0.5) is 0 Å². The Kier molecular flexibility index (Phi) is 2.48. The van der Waals surface area contributed by atoms with E-state index >= 15 is 0 Å². The zero-order valence-corrected chi connectivity index (χ0v) is 8.67. The molecule has 8 heteroatoms. The highest BCUT2D eigenvalue weighted by atomic mass is 35.8. The predicted molar refractivity (Wildman–Crippen MR) is 46.3 cm³/mol. The molecule has 12 heavy (non-hydrogen) atoms. The summed E-state index contributed by atoms with van der Waals surface area (Å²) in [7, 11) is -4.25. The van der Waals surface area contributed by atoms with Crippen LogP contribution in [0.3, 0.4) is 0 Å². The van der Waals surface area contributed by atoms with Crippen LogP contribution in [-0.4, -0.2) is 16.8 Å². The Morgan fingerprint density at radius 2 is 1.83 bits per heavy atom. The summed E-state index contributed by atoms with van der Waals surface area (Å²) in [5.41, 5.74) is 0. The van der Waals surface area contributed by atoms with Gasteiger partial charge in [-0.2, -0.15) is 19.8 Å². The molecule has 4 nitrogen and oxygen atoms in total. The normalized spacial score (nSPS) is 13.1. The molecule has 0 aliphatic carbocycles. The number of hydrogen-bond acceptors (Lipinski definition) is 5. The van der Waals surface area contributed by atoms with E-state index in [-0.39, 0.29) is 4.90 Å². The molecule has 0 unspecified atom stereocenters. The molecule has 1 rings (SSSR count). The first-order chi connectivity index (χ1) is 5.36. The predicted octanol–water partition coefficient (Wildman–Crippen LogP) is 1.01. The molecule has 0 aliphatic heterocycles. The lowest BCUT2D eigenvalue weighted by atomic mass is 10.7. The number of rotatable bonds is 2. The van der Waals surface area contributed by atoms with Crippen LogP contribution in [0.1, 0.15) is 0 Å². The Morgan fingerprint density at radius 1 is 1.25 bits per heavy atom. The van der Waals surface area contributed by atoms with Crippen molar-refractivity contribution in [2.75, 3.05) is 0 Å². The molecule has 0 spiro atoms. The average Bonchev–Trinajstić information content (AvgIpc) is 2.34. The fourth-order valence-corrected chi connectivity index (χ4v) is 4.08. The quantitative estimate of drug-likeness (QED) is 0.577. The topological polar surface area (TPSA) is 68.3 Å². The van der Waals surface area contributed by atoms with Gasteiger partial charge in [-0.3, -0.25) is 0 Å². The van der Waals surface area contributed by atoms with E-state index in [1.54, 1.807) is 0 Å². The minimum absolute atomic E-state index is 0.289. The summed E-state index contributed by atoms with van der Waals surface area (Å²) in [6.07, 6.45) is 0. The monoisotopic (exact) mass is 246 g/mol. The third-order valence-corrected chi connectivity index (χ3v) is 6.88. The molecule has 0 saturated heterocycles. The second-order valence-corrected chi connectivity index (χ2v) is 9.15. The first-order valence-electron chi connectivity index (χ1n) is 2.57. The summed E-state index contributed by atoms with van der Waals surface area (Å²) in [5, 5.41) is 2.66. The Bertz CT molecular complexity index is 454. The van der Waals surface area contributed by atoms with Gasteiger partial charge >= 0.3 is 8.08 Å². The highest BCUT2D eigenvalue weighted by Gasteiger charge is 2.29. The zero-order chi connectivity index (χ0) is 9.41. The molecule has 0 atom stereocenters. The third-order valence-electron chi connectivity index (χ3n) is 1.05. The Hall–Kier alpha value is -0.110. The molecule has 0 aromatic carbocycles. The molecule has 1 aromatic rings. The molecule has 0 radical (unpaired) electrons. The lowest BCUT2D eigenvalue weighted by molar-refractivity contribution is 0.590. The van der Waals surface area contributed by atoms with Crippen LogP contribution in [0.2, 0.25) is 0 Å². The van der Waals surface area contributed by atoms with Crippen molar-refractivity contribution in [3.63, 3.8) is 0 Å². The molecule has 0 N–H and O–H groups in total. The van der Waals surface area contributed by atoms with E-state index in [4.69, 9.17) is 10.7 Å². The Labute approximate surface area is 77.5 Å². The molecule has 1 heterocycles. The largest absolute Gasteiger partial charge is 0.342 e. The zero-order valence-electron chi connectivity index (χ0n) is 5.47. The van der Waals surface area contributed by atoms with E-state index < -0.39 is 17.0 Å². The van der Waals surface area contributed by atoms with Crippen LogP contribution in [0.5, 0.6) is 0 Å². The number of thiophene rings is 1. The van der Waals surface area contributed by atoms with Gasteiger partial charge in [0.25, 0.3) is 8.87 Å². The molecule has 0 aliphatic rings. The lowest BCUT2D eigenvalue weighted by Gasteiger charge is -1.93. The first kappa shape index (κ1) is 9.97. The van der Waals surface area contributed by atoms with E-state index in [1.165, 1.54) is 16.8 Å². The van der Waals surface area contributed by atoms with Gasteiger partial charge in [0.1, 0.15) is 0 Å². The maximum Gasteiger partial charge on any atom is 0.342 e. The Balaban J connectivity index is 3.42. The van der Waals surface area contributed by atoms with Gasteiger partial charge in [0, 0.05) is 16.1 Å². The molecule has 0 saturated carbocycles. The average molecular weight is 247 g/mol. The van der Waals surface area contributed by atoms with E-state index in [0.717, 1.165) is 11.3 Å². The fraction of sp³-hybridized carbons (Fsp3) is 0. The summed E-state index contributed by atoms with van der Waals surface area (Å²) in [5.74, 6) is 0. The van der Waals surface area contributed by atoms with E-state index in [2.05, 4.69) is 0 Å². The maximum absolute atomic E-state index is 11.0. The third kappa shape index (κ3) is 1.63. The first-order valence-corrected chi connectivity index (χ1v) is 7.83. The van der Waals surface area contributed by atoms with Gasteiger partial charge in [-0.25, -0.2) is 8.42 Å². The van der Waals surface area contributed by atoms with Crippen molar-refractivity contribution in [3.05, 3.63) is 16.8 Å². The molecule has 0 amide bonds. The summed E-state index contributed by atoms with van der Waals surface area (Å²) < 4.78 is 43.1. The lowest BCUT2D eigenvalue weighted by Crippen LogP contribution is -2.07. The second kappa shape index (κ2) is 2.99. The summed E-state index contributed by atoms with van der Waals surface area (Å²) >= 11 is 1.08. The maximum atomic E-state index is 11.0. The van der Waals surface area contributed by atoms with Crippen LogP contribution in [0.15, 0.2) is 21.7 Å². The van der Waals surface area contributed by atoms with Gasteiger partial charge in [-0.15, -0.1) is 0 Å². The smallest absolute Gasteiger partial charge is 0.206 e. The SMILES string of the molecule is O=S(=O)(Cl)S(=O)(=O)c1ccsc1. The minimum Gasteiger partial charge on any atom is -0.206 e. The molecule has 1 aromatic heterocycles. The van der Waals surface area contributed by atoms with Crippen LogP contribution in [-0.2, 0) is 17.0 Å². The van der Waals surface area contributed by atoms with Gasteiger partial charge < -0.3 is 0 Å². The molecular weight excluding hydrogens is 244 g/mol. The number of halogens is 1. The van der Waals surface area contributed by atoms with Crippen molar-refractivity contribution in [3.8, 4) is 0 Å². The van der Waals surface area contributed by atoms with Gasteiger partial charge in [-0.1, -0.05) is 0 Å². The highest BCUT2D eigenvalue weighted by Crippen LogP contribution is 2.22. The van der Waals surface area contributed by atoms with Crippen molar-refractivity contribution in [1.82, 2.24) is 0 Å². The van der Waals surface area contributed by atoms with E-state index in [9.17, 15) is 16.8 Å². The summed E-state index contributed by atoms with van der Waals surface area (Å²) in [6.45, 7) is 0. The van der Waals surface area contributed by atoms with Crippen molar-refractivity contribution < 1.29 is 16.8 Å². The van der Waals surface area contributed by atoms with Gasteiger partial charge in [0.2, 0.25) is 0 Å². The fourth-order valence-electron chi connectivity index (χ4n) is 0.509. The van der Waals surface area contributed by atoms with Crippen LogP contribution < -0.4 is 0 Å². The van der Waals surface area contributed by atoms with Crippen molar-refractivity contribution in [2.45, 2.75) is 4.90 Å². The van der Waals surface area contributed by atoms with Crippen molar-refractivity contribution in [1.29, 1.82) is 0 Å². The van der Waals surface area contributed by atoms with Crippen LogP contribution in [0, 0.1) is 0 Å². The van der Waals surface area contributed by atoms with Crippen LogP contribution >= 0.6 is 22.0 Å². The molecular formula is C4H3ClO4S3. The Morgan fingerprint density at radius 3 is 2.17 bits per heavy atom. The van der Waals surface area contributed by atoms with E-state index in [0.29, 0.717) is 0 Å². The second-order valence-electron chi connectivity index (χ2n) is 1.81. The van der Waals surface area contributed by atoms with Crippen molar-refractivity contribution >= 4 is 39.0 Å².